The summed E-state index contributed by atoms with van der Waals surface area (Å²) in [7, 11) is 0. The average Bonchev–Trinajstić information content (AvgIpc) is 3.37. The standard InChI is InChI=1S/C17H11N5O2S/c1-2-12(23-5-1)13-6-10(22-24-13)7-19-16-15-11-3-4-18-8-14(11)25-17(15)21-9-20-16/h1-6,8-9H,7H2,(H,19,20,21). The van der Waals surface area contributed by atoms with E-state index in [1.165, 1.54) is 0 Å². The second kappa shape index (κ2) is 5.67. The van der Waals surface area contributed by atoms with E-state index in [1.807, 2.05) is 30.5 Å². The van der Waals surface area contributed by atoms with Crippen molar-refractivity contribution in [3.8, 4) is 11.5 Å². The van der Waals surface area contributed by atoms with E-state index in [9.17, 15) is 0 Å². The van der Waals surface area contributed by atoms with Crippen LogP contribution in [0.5, 0.6) is 0 Å². The minimum Gasteiger partial charge on any atom is -0.461 e. The maximum absolute atomic E-state index is 5.32. The third kappa shape index (κ3) is 2.43. The number of furan rings is 1. The van der Waals surface area contributed by atoms with Crippen LogP contribution in [0.2, 0.25) is 0 Å². The van der Waals surface area contributed by atoms with Crippen LogP contribution in [0.1, 0.15) is 5.69 Å². The van der Waals surface area contributed by atoms with E-state index in [-0.39, 0.29) is 0 Å². The van der Waals surface area contributed by atoms with Gasteiger partial charge in [0, 0.05) is 23.8 Å². The van der Waals surface area contributed by atoms with Gasteiger partial charge < -0.3 is 14.3 Å². The van der Waals surface area contributed by atoms with Gasteiger partial charge in [-0.15, -0.1) is 11.3 Å². The van der Waals surface area contributed by atoms with E-state index in [0.717, 1.165) is 31.8 Å². The predicted octanol–water partition coefficient (Wildman–Crippen LogP) is 4.10. The normalized spacial score (nSPS) is 11.4. The minimum atomic E-state index is 0.485. The van der Waals surface area contributed by atoms with Crippen LogP contribution in [-0.2, 0) is 6.54 Å². The highest BCUT2D eigenvalue weighted by Crippen LogP contribution is 2.35. The molecule has 0 unspecified atom stereocenters. The Kier molecular flexibility index (Phi) is 3.20. The fraction of sp³-hybridized carbons (Fsp3) is 0.0588. The zero-order valence-corrected chi connectivity index (χ0v) is 13.7. The van der Waals surface area contributed by atoms with Crippen LogP contribution in [0, 0.1) is 0 Å². The number of rotatable bonds is 4. The van der Waals surface area contributed by atoms with Gasteiger partial charge >= 0.3 is 0 Å². The van der Waals surface area contributed by atoms with Gasteiger partial charge in [0.15, 0.2) is 5.76 Å². The molecule has 1 N–H and O–H groups in total. The van der Waals surface area contributed by atoms with Crippen LogP contribution in [0.3, 0.4) is 0 Å². The molecule has 0 saturated carbocycles. The summed E-state index contributed by atoms with van der Waals surface area (Å²) in [6, 6.07) is 7.47. The fourth-order valence-electron chi connectivity index (χ4n) is 2.70. The summed E-state index contributed by atoms with van der Waals surface area (Å²) in [5.41, 5.74) is 0.763. The second-order valence-electron chi connectivity index (χ2n) is 5.39. The molecule has 0 radical (unpaired) electrons. The van der Waals surface area contributed by atoms with Crippen LogP contribution in [0.15, 0.2) is 58.2 Å². The van der Waals surface area contributed by atoms with Crippen LogP contribution < -0.4 is 5.32 Å². The van der Waals surface area contributed by atoms with Gasteiger partial charge in [-0.25, -0.2) is 9.97 Å². The molecule has 5 heterocycles. The highest BCUT2D eigenvalue weighted by atomic mass is 32.1. The summed E-state index contributed by atoms with van der Waals surface area (Å²) < 4.78 is 11.7. The van der Waals surface area contributed by atoms with Gasteiger partial charge in [0.25, 0.3) is 0 Å². The van der Waals surface area contributed by atoms with Gasteiger partial charge in [-0.3, -0.25) is 4.98 Å². The third-order valence-corrected chi connectivity index (χ3v) is 4.88. The van der Waals surface area contributed by atoms with E-state index in [2.05, 4.69) is 25.4 Å². The largest absolute Gasteiger partial charge is 0.461 e. The Hall–Kier alpha value is -3.26. The number of aromatic nitrogens is 4. The summed E-state index contributed by atoms with van der Waals surface area (Å²) in [4.78, 5) is 13.8. The Balaban J connectivity index is 1.46. The van der Waals surface area contributed by atoms with Gasteiger partial charge in [-0.2, -0.15) is 0 Å². The maximum atomic E-state index is 5.32. The Labute approximate surface area is 145 Å². The Morgan fingerprint density at radius 1 is 1.16 bits per heavy atom. The van der Waals surface area contributed by atoms with Crippen molar-refractivity contribution in [1.82, 2.24) is 20.1 Å². The molecule has 0 atom stereocenters. The van der Waals surface area contributed by atoms with E-state index >= 15 is 0 Å². The van der Waals surface area contributed by atoms with Crippen molar-refractivity contribution < 1.29 is 8.94 Å². The quantitative estimate of drug-likeness (QED) is 0.522. The lowest BCUT2D eigenvalue weighted by Gasteiger charge is -2.04. The zero-order valence-electron chi connectivity index (χ0n) is 12.8. The van der Waals surface area contributed by atoms with Gasteiger partial charge in [-0.05, 0) is 18.2 Å². The van der Waals surface area contributed by atoms with E-state index in [1.54, 1.807) is 30.1 Å². The third-order valence-electron chi connectivity index (χ3n) is 3.83. The highest BCUT2D eigenvalue weighted by Gasteiger charge is 2.13. The first-order valence-corrected chi connectivity index (χ1v) is 8.41. The molecule has 0 aromatic carbocycles. The van der Waals surface area contributed by atoms with Gasteiger partial charge in [0.1, 0.15) is 22.7 Å². The molecule has 122 valence electrons. The van der Waals surface area contributed by atoms with E-state index in [4.69, 9.17) is 8.94 Å². The number of nitrogens with one attached hydrogen (secondary N) is 1. The molecule has 0 aliphatic carbocycles. The summed E-state index contributed by atoms with van der Waals surface area (Å²) in [6.07, 6.45) is 6.78. The number of hydrogen-bond donors (Lipinski definition) is 1. The number of pyridine rings is 1. The molecule has 5 aromatic heterocycles. The molecule has 5 rings (SSSR count). The van der Waals surface area contributed by atoms with Gasteiger partial charge in [0.05, 0.1) is 22.9 Å². The number of fused-ring (bicyclic) bond motifs is 3. The van der Waals surface area contributed by atoms with Crippen molar-refractivity contribution in [2.45, 2.75) is 6.54 Å². The Bertz CT molecular complexity index is 1160. The monoisotopic (exact) mass is 349 g/mol. The first-order chi connectivity index (χ1) is 12.4. The van der Waals surface area contributed by atoms with Crippen molar-refractivity contribution in [2.75, 3.05) is 5.32 Å². The lowest BCUT2D eigenvalue weighted by atomic mass is 10.2. The molecule has 0 spiro atoms. The number of nitrogens with zero attached hydrogens (tertiary/aromatic N) is 4. The van der Waals surface area contributed by atoms with E-state index in [0.29, 0.717) is 18.1 Å². The highest BCUT2D eigenvalue weighted by molar-refractivity contribution is 7.25. The number of thiophene rings is 1. The summed E-state index contributed by atoms with van der Waals surface area (Å²) in [5.74, 6) is 2.02. The van der Waals surface area contributed by atoms with Gasteiger partial charge in [0.2, 0.25) is 5.76 Å². The molecular weight excluding hydrogens is 338 g/mol. The summed E-state index contributed by atoms with van der Waals surface area (Å²) >= 11 is 1.60. The predicted molar refractivity (Wildman–Crippen MR) is 94.2 cm³/mol. The van der Waals surface area contributed by atoms with Crippen molar-refractivity contribution in [1.29, 1.82) is 0 Å². The summed E-state index contributed by atoms with van der Waals surface area (Å²) in [6.45, 7) is 0.485. The average molecular weight is 349 g/mol. The first-order valence-electron chi connectivity index (χ1n) is 7.59. The van der Waals surface area contributed by atoms with Crippen LogP contribution in [0.25, 0.3) is 31.8 Å². The maximum Gasteiger partial charge on any atom is 0.202 e. The van der Waals surface area contributed by atoms with Crippen molar-refractivity contribution in [2.24, 2.45) is 0 Å². The summed E-state index contributed by atoms with van der Waals surface area (Å²) in [5, 5.41) is 9.48. The minimum absolute atomic E-state index is 0.485. The number of hydrogen-bond acceptors (Lipinski definition) is 8. The van der Waals surface area contributed by atoms with Crippen molar-refractivity contribution >= 4 is 37.5 Å². The molecule has 0 fully saturated rings. The molecule has 25 heavy (non-hydrogen) atoms. The topological polar surface area (TPSA) is 89.9 Å². The molecular formula is C17H11N5O2S. The van der Waals surface area contributed by atoms with Gasteiger partial charge in [-0.1, -0.05) is 5.16 Å². The van der Waals surface area contributed by atoms with Crippen LogP contribution in [0.4, 0.5) is 5.82 Å². The number of anilines is 1. The van der Waals surface area contributed by atoms with Crippen LogP contribution >= 0.6 is 11.3 Å². The molecule has 0 amide bonds. The molecule has 8 heteroatoms. The van der Waals surface area contributed by atoms with Crippen molar-refractivity contribution in [3.63, 3.8) is 0 Å². The molecule has 7 nitrogen and oxygen atoms in total. The van der Waals surface area contributed by atoms with Crippen molar-refractivity contribution in [3.05, 3.63) is 54.9 Å². The first kappa shape index (κ1) is 14.1. The Morgan fingerprint density at radius 2 is 2.16 bits per heavy atom. The lowest BCUT2D eigenvalue weighted by Crippen LogP contribution is -2.02. The van der Waals surface area contributed by atoms with E-state index < -0.39 is 0 Å². The molecule has 0 aliphatic heterocycles. The molecule has 5 aromatic rings. The lowest BCUT2D eigenvalue weighted by molar-refractivity contribution is 0.411. The molecule has 0 bridgehead atoms. The van der Waals surface area contributed by atoms with Crippen LogP contribution in [-0.4, -0.2) is 20.1 Å². The second-order valence-corrected chi connectivity index (χ2v) is 6.42. The Morgan fingerprint density at radius 3 is 3.08 bits per heavy atom. The molecule has 0 saturated heterocycles. The SMILES string of the molecule is c1coc(-c2cc(CNc3ncnc4sc5cnccc5c34)no2)c1. The zero-order chi connectivity index (χ0) is 16.6. The smallest absolute Gasteiger partial charge is 0.202 e. The fourth-order valence-corrected chi connectivity index (χ4v) is 3.71. The molecule has 0 aliphatic rings.